The van der Waals surface area contributed by atoms with Gasteiger partial charge in [0.1, 0.15) is 6.04 Å². The summed E-state index contributed by atoms with van der Waals surface area (Å²) in [5.74, 6) is 1.21. The van der Waals surface area contributed by atoms with Gasteiger partial charge in [0, 0.05) is 12.3 Å². The molecule has 0 bridgehead atoms. The highest BCUT2D eigenvalue weighted by Crippen LogP contribution is 2.08. The van der Waals surface area contributed by atoms with Gasteiger partial charge in [0.2, 0.25) is 0 Å². The van der Waals surface area contributed by atoms with Crippen LogP contribution in [0.5, 0.6) is 0 Å². The highest BCUT2D eigenvalue weighted by Gasteiger charge is 2.23. The van der Waals surface area contributed by atoms with Crippen LogP contribution in [0.1, 0.15) is 13.8 Å². The topological polar surface area (TPSA) is 29.5 Å². The Bertz CT molecular complexity index is 174. The Kier molecular flexibility index (Phi) is 7.01. The van der Waals surface area contributed by atoms with E-state index in [1.54, 1.807) is 11.8 Å². The summed E-state index contributed by atoms with van der Waals surface area (Å²) in [7, 11) is 3.41. The minimum absolute atomic E-state index is 0.114. The predicted octanol–water partition coefficient (Wildman–Crippen LogP) is 1.48. The third-order valence-corrected chi connectivity index (χ3v) is 2.63. The molecule has 3 nitrogen and oxygen atoms in total. The van der Waals surface area contributed by atoms with Crippen molar-refractivity contribution in [2.45, 2.75) is 19.9 Å². The summed E-state index contributed by atoms with van der Waals surface area (Å²) >= 11 is 1.67. The minimum Gasteiger partial charge on any atom is -0.468 e. The van der Waals surface area contributed by atoms with Gasteiger partial charge in [-0.25, -0.2) is 0 Å². The molecule has 4 heteroatoms. The van der Waals surface area contributed by atoms with Crippen LogP contribution in [0.3, 0.4) is 0 Å². The summed E-state index contributed by atoms with van der Waals surface area (Å²) in [6.45, 7) is 5.20. The standard InChI is InChI=1S/C10H21NO2S/c1-8(2)6-11(3)9(7-14-5)10(12)13-4/h8-9H,6-7H2,1-5H3. The molecule has 1 atom stereocenters. The van der Waals surface area contributed by atoms with Gasteiger partial charge in [-0.05, 0) is 19.2 Å². The van der Waals surface area contributed by atoms with E-state index in [1.807, 2.05) is 13.3 Å². The summed E-state index contributed by atoms with van der Waals surface area (Å²) < 4.78 is 4.77. The molecule has 14 heavy (non-hydrogen) atoms. The third-order valence-electron chi connectivity index (χ3n) is 1.98. The molecule has 0 aliphatic carbocycles. The molecule has 0 radical (unpaired) electrons. The fourth-order valence-electron chi connectivity index (χ4n) is 1.37. The second-order valence-corrected chi connectivity index (χ2v) is 4.74. The second kappa shape index (κ2) is 7.12. The lowest BCUT2D eigenvalue weighted by Crippen LogP contribution is -2.42. The number of hydrogen-bond donors (Lipinski definition) is 0. The van der Waals surface area contributed by atoms with E-state index in [4.69, 9.17) is 4.74 Å². The number of methoxy groups -OCH3 is 1. The minimum atomic E-state index is -0.137. The van der Waals surface area contributed by atoms with Crippen molar-refractivity contribution < 1.29 is 9.53 Å². The van der Waals surface area contributed by atoms with Crippen LogP contribution < -0.4 is 0 Å². The number of thioether (sulfide) groups is 1. The van der Waals surface area contributed by atoms with Crippen molar-refractivity contribution in [3.8, 4) is 0 Å². The van der Waals surface area contributed by atoms with E-state index in [1.165, 1.54) is 7.11 Å². The van der Waals surface area contributed by atoms with E-state index in [0.29, 0.717) is 5.92 Å². The van der Waals surface area contributed by atoms with Gasteiger partial charge in [0.05, 0.1) is 7.11 Å². The number of esters is 1. The molecule has 0 saturated carbocycles. The maximum Gasteiger partial charge on any atom is 0.323 e. The van der Waals surface area contributed by atoms with Crippen LogP contribution in [0.25, 0.3) is 0 Å². The molecule has 0 heterocycles. The number of nitrogens with zero attached hydrogens (tertiary/aromatic N) is 1. The van der Waals surface area contributed by atoms with Gasteiger partial charge >= 0.3 is 5.97 Å². The van der Waals surface area contributed by atoms with Crippen molar-refractivity contribution in [3.63, 3.8) is 0 Å². The number of hydrogen-bond acceptors (Lipinski definition) is 4. The number of rotatable bonds is 6. The lowest BCUT2D eigenvalue weighted by molar-refractivity contribution is -0.145. The summed E-state index contributed by atoms with van der Waals surface area (Å²) in [6.07, 6.45) is 2.00. The predicted molar refractivity (Wildman–Crippen MR) is 61.7 cm³/mol. The number of carbonyl (C=O) groups excluding carboxylic acids is 1. The van der Waals surface area contributed by atoms with Gasteiger partial charge in [-0.15, -0.1) is 0 Å². The van der Waals surface area contributed by atoms with Gasteiger partial charge in [-0.1, -0.05) is 13.8 Å². The Balaban J connectivity index is 4.24. The molecule has 0 aromatic carbocycles. The first-order valence-corrected chi connectivity index (χ1v) is 6.19. The zero-order valence-electron chi connectivity index (χ0n) is 9.74. The molecular weight excluding hydrogens is 198 g/mol. The lowest BCUT2D eigenvalue weighted by Gasteiger charge is -2.26. The highest BCUT2D eigenvalue weighted by molar-refractivity contribution is 7.98. The van der Waals surface area contributed by atoms with Crippen LogP contribution in [0.4, 0.5) is 0 Å². The quantitative estimate of drug-likeness (QED) is 0.633. The molecule has 0 amide bonds. The zero-order chi connectivity index (χ0) is 11.1. The first kappa shape index (κ1) is 13.8. The summed E-state index contributed by atoms with van der Waals surface area (Å²) in [4.78, 5) is 13.5. The van der Waals surface area contributed by atoms with Crippen molar-refractivity contribution in [1.82, 2.24) is 4.90 Å². The number of carbonyl (C=O) groups is 1. The number of likely N-dealkylation sites (N-methyl/N-ethyl adjacent to an activating group) is 1. The molecule has 0 aromatic heterocycles. The molecule has 0 N–H and O–H groups in total. The second-order valence-electron chi connectivity index (χ2n) is 3.83. The maximum absolute atomic E-state index is 11.4. The highest BCUT2D eigenvalue weighted by atomic mass is 32.2. The van der Waals surface area contributed by atoms with Crippen LogP contribution in [0.15, 0.2) is 0 Å². The molecule has 0 aliphatic heterocycles. The normalized spacial score (nSPS) is 13.4. The van der Waals surface area contributed by atoms with Crippen LogP contribution in [-0.2, 0) is 9.53 Å². The largest absolute Gasteiger partial charge is 0.468 e. The SMILES string of the molecule is COC(=O)C(CSC)N(C)CC(C)C. The van der Waals surface area contributed by atoms with E-state index in [9.17, 15) is 4.79 Å². The van der Waals surface area contributed by atoms with Crippen molar-refractivity contribution in [2.24, 2.45) is 5.92 Å². The van der Waals surface area contributed by atoms with E-state index in [2.05, 4.69) is 18.7 Å². The Morgan fingerprint density at radius 1 is 1.50 bits per heavy atom. The maximum atomic E-state index is 11.4. The zero-order valence-corrected chi connectivity index (χ0v) is 10.6. The molecule has 0 spiro atoms. The molecule has 0 aliphatic rings. The Hall–Kier alpha value is -0.220. The Morgan fingerprint density at radius 3 is 2.43 bits per heavy atom. The van der Waals surface area contributed by atoms with Crippen LogP contribution >= 0.6 is 11.8 Å². The lowest BCUT2D eigenvalue weighted by atomic mass is 10.2. The van der Waals surface area contributed by atoms with Crippen molar-refractivity contribution in [3.05, 3.63) is 0 Å². The average molecular weight is 219 g/mol. The molecule has 0 fully saturated rings. The Labute approximate surface area is 91.2 Å². The van der Waals surface area contributed by atoms with Crippen molar-refractivity contribution in [2.75, 3.05) is 32.7 Å². The van der Waals surface area contributed by atoms with Crippen LogP contribution in [-0.4, -0.2) is 49.6 Å². The van der Waals surface area contributed by atoms with E-state index >= 15 is 0 Å². The van der Waals surface area contributed by atoms with Gasteiger partial charge in [0.25, 0.3) is 0 Å². The number of ether oxygens (including phenoxy) is 1. The van der Waals surface area contributed by atoms with Crippen LogP contribution in [0, 0.1) is 5.92 Å². The molecule has 0 rings (SSSR count). The van der Waals surface area contributed by atoms with Crippen molar-refractivity contribution >= 4 is 17.7 Å². The smallest absolute Gasteiger partial charge is 0.323 e. The third kappa shape index (κ3) is 4.86. The fraction of sp³-hybridized carbons (Fsp3) is 0.900. The Morgan fingerprint density at radius 2 is 2.07 bits per heavy atom. The monoisotopic (exact) mass is 219 g/mol. The molecule has 1 unspecified atom stereocenters. The fourth-order valence-corrected chi connectivity index (χ4v) is 2.08. The molecular formula is C10H21NO2S. The van der Waals surface area contributed by atoms with Crippen molar-refractivity contribution in [1.29, 1.82) is 0 Å². The van der Waals surface area contributed by atoms with Gasteiger partial charge in [0.15, 0.2) is 0 Å². The summed E-state index contributed by atoms with van der Waals surface area (Å²) in [5.41, 5.74) is 0. The first-order chi connectivity index (χ1) is 6.52. The van der Waals surface area contributed by atoms with E-state index in [0.717, 1.165) is 12.3 Å². The molecule has 0 aromatic rings. The average Bonchev–Trinajstić information content (AvgIpc) is 2.11. The summed E-state index contributed by atoms with van der Waals surface area (Å²) in [6, 6.07) is -0.114. The first-order valence-electron chi connectivity index (χ1n) is 4.79. The molecule has 0 saturated heterocycles. The van der Waals surface area contributed by atoms with Crippen LogP contribution in [0.2, 0.25) is 0 Å². The van der Waals surface area contributed by atoms with E-state index < -0.39 is 0 Å². The van der Waals surface area contributed by atoms with Gasteiger partial charge < -0.3 is 4.74 Å². The molecule has 84 valence electrons. The van der Waals surface area contributed by atoms with Gasteiger partial charge in [-0.2, -0.15) is 11.8 Å². The van der Waals surface area contributed by atoms with Gasteiger partial charge in [-0.3, -0.25) is 9.69 Å². The van der Waals surface area contributed by atoms with E-state index in [-0.39, 0.29) is 12.0 Å². The summed E-state index contributed by atoms with van der Waals surface area (Å²) in [5, 5.41) is 0.